The minimum atomic E-state index is -0.528. The van der Waals surface area contributed by atoms with E-state index >= 15 is 0 Å². The quantitative estimate of drug-likeness (QED) is 0.674. The summed E-state index contributed by atoms with van der Waals surface area (Å²) < 4.78 is 4.98. The topological polar surface area (TPSA) is 84.7 Å². The molecule has 2 rings (SSSR count). The lowest BCUT2D eigenvalue weighted by Gasteiger charge is -2.32. The van der Waals surface area contributed by atoms with Crippen molar-refractivity contribution in [1.82, 2.24) is 10.2 Å². The zero-order valence-corrected chi connectivity index (χ0v) is 12.7. The van der Waals surface area contributed by atoms with Crippen LogP contribution in [0.1, 0.15) is 17.3 Å². The lowest BCUT2D eigenvalue weighted by Crippen LogP contribution is -2.51. The molecule has 1 aliphatic heterocycles. The molecule has 0 aliphatic carbocycles. The third-order valence-corrected chi connectivity index (χ3v) is 3.28. The molecule has 0 bridgehead atoms. The van der Waals surface area contributed by atoms with E-state index in [1.807, 2.05) is 6.92 Å². The van der Waals surface area contributed by atoms with Crippen molar-refractivity contribution in [2.45, 2.75) is 13.0 Å². The lowest BCUT2D eigenvalue weighted by molar-refractivity contribution is -0.385. The van der Waals surface area contributed by atoms with E-state index in [-0.39, 0.29) is 35.8 Å². The lowest BCUT2D eigenvalue weighted by atomic mass is 10.1. The van der Waals surface area contributed by atoms with Gasteiger partial charge in [-0.3, -0.25) is 14.9 Å². The fourth-order valence-corrected chi connectivity index (χ4v) is 2.26. The Morgan fingerprint density at radius 1 is 1.52 bits per heavy atom. The third kappa shape index (κ3) is 3.83. The summed E-state index contributed by atoms with van der Waals surface area (Å²) in [6, 6.07) is 4.44. The highest BCUT2D eigenvalue weighted by molar-refractivity contribution is 5.95. The number of rotatable bonds is 3. The van der Waals surface area contributed by atoms with Crippen LogP contribution in [0.25, 0.3) is 0 Å². The minimum Gasteiger partial charge on any atom is -0.490 e. The van der Waals surface area contributed by atoms with Gasteiger partial charge in [-0.2, -0.15) is 0 Å². The van der Waals surface area contributed by atoms with Gasteiger partial charge in [0.25, 0.3) is 5.91 Å². The fraction of sp³-hybridized carbons (Fsp3) is 0.462. The number of halogens is 1. The van der Waals surface area contributed by atoms with Crippen molar-refractivity contribution in [3.8, 4) is 5.75 Å². The number of amides is 1. The number of carbonyl (C=O) groups is 1. The zero-order chi connectivity index (χ0) is 14.7. The van der Waals surface area contributed by atoms with E-state index in [4.69, 9.17) is 4.74 Å². The number of hydrogen-bond acceptors (Lipinski definition) is 5. The first-order chi connectivity index (χ1) is 9.52. The monoisotopic (exact) mass is 315 g/mol. The summed E-state index contributed by atoms with van der Waals surface area (Å²) in [5.41, 5.74) is 0.263. The second-order valence-corrected chi connectivity index (χ2v) is 4.75. The largest absolute Gasteiger partial charge is 0.490 e. The molecule has 0 spiro atoms. The molecule has 1 N–H and O–H groups in total. The van der Waals surface area contributed by atoms with Gasteiger partial charge in [-0.25, -0.2) is 0 Å². The van der Waals surface area contributed by atoms with Crippen molar-refractivity contribution in [2.75, 3.05) is 26.7 Å². The molecule has 1 aliphatic rings. The first-order valence-electron chi connectivity index (χ1n) is 6.38. The second-order valence-electron chi connectivity index (χ2n) is 4.75. The first-order valence-corrected chi connectivity index (χ1v) is 6.38. The van der Waals surface area contributed by atoms with E-state index in [0.717, 1.165) is 6.54 Å². The molecule has 1 aromatic rings. The maximum Gasteiger partial charge on any atom is 0.310 e. The molecule has 1 saturated heterocycles. The molecule has 0 saturated carbocycles. The number of ether oxygens (including phenoxy) is 1. The molecule has 0 aromatic heterocycles. The predicted octanol–water partition coefficient (Wildman–Crippen LogP) is 1.46. The Bertz CT molecular complexity index is 538. The van der Waals surface area contributed by atoms with Crippen molar-refractivity contribution in [1.29, 1.82) is 0 Å². The average Bonchev–Trinajstić information content (AvgIpc) is 2.45. The van der Waals surface area contributed by atoms with Gasteiger partial charge in [0.15, 0.2) is 5.75 Å². The van der Waals surface area contributed by atoms with Crippen LogP contribution in [0.4, 0.5) is 5.69 Å². The number of hydrogen-bond donors (Lipinski definition) is 1. The number of methoxy groups -OCH3 is 1. The van der Waals surface area contributed by atoms with Crippen molar-refractivity contribution >= 4 is 24.0 Å². The molecular formula is C13H18ClN3O4. The highest BCUT2D eigenvalue weighted by atomic mass is 35.5. The van der Waals surface area contributed by atoms with E-state index in [1.54, 1.807) is 4.90 Å². The van der Waals surface area contributed by atoms with Gasteiger partial charge in [0.2, 0.25) is 0 Å². The zero-order valence-electron chi connectivity index (χ0n) is 11.9. The van der Waals surface area contributed by atoms with Crippen LogP contribution in [0.5, 0.6) is 5.75 Å². The molecular weight excluding hydrogens is 298 g/mol. The summed E-state index contributed by atoms with van der Waals surface area (Å²) in [5.74, 6) is -0.0319. The van der Waals surface area contributed by atoms with E-state index < -0.39 is 4.92 Å². The maximum atomic E-state index is 12.4. The number of piperazine rings is 1. The van der Waals surface area contributed by atoms with Crippen molar-refractivity contribution in [3.63, 3.8) is 0 Å². The van der Waals surface area contributed by atoms with Gasteiger partial charge >= 0.3 is 5.69 Å². The Morgan fingerprint density at radius 3 is 2.81 bits per heavy atom. The van der Waals surface area contributed by atoms with Gasteiger partial charge in [0, 0.05) is 43.4 Å². The summed E-state index contributed by atoms with van der Waals surface area (Å²) in [4.78, 5) is 24.4. The number of nitrogens with zero attached hydrogens (tertiary/aromatic N) is 2. The van der Waals surface area contributed by atoms with E-state index in [9.17, 15) is 14.9 Å². The maximum absolute atomic E-state index is 12.4. The number of nitrogens with one attached hydrogen (secondary N) is 1. The van der Waals surface area contributed by atoms with Crippen LogP contribution in [-0.2, 0) is 0 Å². The first kappa shape index (κ1) is 17.2. The number of benzene rings is 1. The van der Waals surface area contributed by atoms with E-state index in [1.165, 1.54) is 25.3 Å². The van der Waals surface area contributed by atoms with Crippen LogP contribution in [0.15, 0.2) is 18.2 Å². The molecule has 1 atom stereocenters. The molecule has 0 unspecified atom stereocenters. The highest BCUT2D eigenvalue weighted by Gasteiger charge is 2.24. The third-order valence-electron chi connectivity index (χ3n) is 3.28. The predicted molar refractivity (Wildman–Crippen MR) is 80.3 cm³/mol. The molecule has 8 heteroatoms. The van der Waals surface area contributed by atoms with Gasteiger partial charge in [-0.1, -0.05) is 0 Å². The van der Waals surface area contributed by atoms with Gasteiger partial charge in [0.05, 0.1) is 12.0 Å². The van der Waals surface area contributed by atoms with Crippen LogP contribution in [-0.4, -0.2) is 48.5 Å². The number of carbonyl (C=O) groups excluding carboxylic acids is 1. The van der Waals surface area contributed by atoms with Gasteiger partial charge in [0.1, 0.15) is 0 Å². The van der Waals surface area contributed by atoms with Crippen LogP contribution in [0, 0.1) is 10.1 Å². The van der Waals surface area contributed by atoms with E-state index in [0.29, 0.717) is 18.7 Å². The van der Waals surface area contributed by atoms with Gasteiger partial charge in [-0.05, 0) is 13.0 Å². The standard InChI is InChI=1S/C13H17N3O4.ClH/c1-9-8-15(6-5-14-9)13(17)10-3-4-11(16(18)19)12(7-10)20-2;/h3-4,7,9,14H,5-6,8H2,1-2H3;1H/t9-;/m1./s1. The molecule has 1 aromatic carbocycles. The number of nitro groups is 1. The Labute approximate surface area is 128 Å². The Hall–Kier alpha value is -1.86. The van der Waals surface area contributed by atoms with Crippen LogP contribution >= 0.6 is 12.4 Å². The normalized spacial score (nSPS) is 17.8. The van der Waals surface area contributed by atoms with Crippen molar-refractivity contribution < 1.29 is 14.5 Å². The number of nitro benzene ring substituents is 1. The summed E-state index contributed by atoms with van der Waals surface area (Å²) >= 11 is 0. The van der Waals surface area contributed by atoms with Crippen LogP contribution in [0.2, 0.25) is 0 Å². The van der Waals surface area contributed by atoms with Crippen molar-refractivity contribution in [2.24, 2.45) is 0 Å². The second kappa shape index (κ2) is 7.24. The smallest absolute Gasteiger partial charge is 0.310 e. The Morgan fingerprint density at radius 2 is 2.24 bits per heavy atom. The molecule has 0 radical (unpaired) electrons. The summed E-state index contributed by atoms with van der Waals surface area (Å²) in [5, 5.41) is 14.1. The fourth-order valence-electron chi connectivity index (χ4n) is 2.26. The average molecular weight is 316 g/mol. The Balaban J connectivity index is 0.00000220. The molecule has 21 heavy (non-hydrogen) atoms. The van der Waals surface area contributed by atoms with Crippen molar-refractivity contribution in [3.05, 3.63) is 33.9 Å². The summed E-state index contributed by atoms with van der Waals surface area (Å²) in [6.07, 6.45) is 0. The van der Waals surface area contributed by atoms with E-state index in [2.05, 4.69) is 5.32 Å². The highest BCUT2D eigenvalue weighted by Crippen LogP contribution is 2.28. The summed E-state index contributed by atoms with van der Waals surface area (Å²) in [6.45, 7) is 4.01. The van der Waals surface area contributed by atoms with Crippen LogP contribution < -0.4 is 10.1 Å². The minimum absolute atomic E-state index is 0. The SMILES string of the molecule is COc1cc(C(=O)N2CCN[C@H](C)C2)ccc1[N+](=O)[O-].Cl. The molecule has 1 heterocycles. The molecule has 116 valence electrons. The van der Waals surface area contributed by atoms with Gasteiger partial charge in [-0.15, -0.1) is 12.4 Å². The molecule has 1 fully saturated rings. The summed E-state index contributed by atoms with van der Waals surface area (Å²) in [7, 11) is 1.35. The molecule has 1 amide bonds. The Kier molecular flexibility index (Phi) is 5.92. The van der Waals surface area contributed by atoms with Crippen LogP contribution in [0.3, 0.4) is 0 Å². The van der Waals surface area contributed by atoms with Gasteiger partial charge < -0.3 is 15.0 Å². The molecule has 7 nitrogen and oxygen atoms in total.